The number of hydrogen-bond acceptors (Lipinski definition) is 2. The molecule has 3 N–H and O–H groups in total. The van der Waals surface area contributed by atoms with Gasteiger partial charge in [-0.1, -0.05) is 64.2 Å². The maximum absolute atomic E-state index is 5.47. The first-order valence-electron chi connectivity index (χ1n) is 8.32. The van der Waals surface area contributed by atoms with Crippen LogP contribution in [0.2, 0.25) is 0 Å². The lowest BCUT2D eigenvalue weighted by atomic mass is 10.1. The number of unbranched alkanes of at least 4 members (excludes halogenated alkanes) is 11. The Kier molecular flexibility index (Phi) is 17.3. The van der Waals surface area contributed by atoms with Crippen molar-refractivity contribution in [2.24, 2.45) is 5.73 Å². The first-order valence-corrected chi connectivity index (χ1v) is 9.74. The second-order valence-electron chi connectivity index (χ2n) is 5.38. The molecule has 0 rings (SSSR count). The van der Waals surface area contributed by atoms with Crippen molar-refractivity contribution in [3.8, 4) is 0 Å². The maximum Gasteiger partial charge on any atom is 0.0201 e. The molecule has 0 aromatic rings. The lowest BCUT2D eigenvalue weighted by Crippen LogP contribution is -2.16. The van der Waals surface area contributed by atoms with Crippen LogP contribution in [0, 0.1) is 0 Å². The minimum atomic E-state index is 0.871. The van der Waals surface area contributed by atoms with Crippen molar-refractivity contribution in [1.82, 2.24) is 5.32 Å². The average Bonchev–Trinajstić information content (AvgIpc) is 2.39. The van der Waals surface area contributed by atoms with Gasteiger partial charge in [0.05, 0.1) is 0 Å². The van der Waals surface area contributed by atoms with Crippen molar-refractivity contribution in [2.75, 3.05) is 19.3 Å². The largest absolute Gasteiger partial charge is 0.330 e. The lowest BCUT2D eigenvalue weighted by molar-refractivity contribution is 0.538. The van der Waals surface area contributed by atoms with Crippen molar-refractivity contribution in [1.29, 1.82) is 0 Å². The van der Waals surface area contributed by atoms with Crippen LogP contribution in [0.1, 0.15) is 77.0 Å². The molecule has 0 saturated carbocycles. The highest BCUT2D eigenvalue weighted by molar-refractivity contribution is 6.08. The van der Waals surface area contributed by atoms with Gasteiger partial charge >= 0.3 is 0 Å². The van der Waals surface area contributed by atoms with Gasteiger partial charge in [-0.2, -0.15) is 0 Å². The zero-order valence-electron chi connectivity index (χ0n) is 12.7. The van der Waals surface area contributed by atoms with E-state index in [0.717, 1.165) is 6.54 Å². The van der Waals surface area contributed by atoms with Crippen LogP contribution in [0.4, 0.5) is 0 Å². The van der Waals surface area contributed by atoms with Gasteiger partial charge in [-0.25, -0.2) is 0 Å². The van der Waals surface area contributed by atoms with E-state index in [-0.39, 0.29) is 0 Å². The zero-order valence-corrected chi connectivity index (χ0v) is 14.7. The van der Waals surface area contributed by atoms with Gasteiger partial charge in [0, 0.05) is 10.2 Å². The fourth-order valence-corrected chi connectivity index (χ4v) is 2.69. The van der Waals surface area contributed by atoms with Crippen LogP contribution >= 0.6 is 0 Å². The molecule has 110 valence electrons. The van der Waals surface area contributed by atoms with Gasteiger partial charge < -0.3 is 11.1 Å². The Balaban J connectivity index is 2.86. The first kappa shape index (κ1) is 18.1. The number of hydrogen-bond donors (Lipinski definition) is 2. The third-order valence-electron chi connectivity index (χ3n) is 3.56. The summed E-state index contributed by atoms with van der Waals surface area (Å²) >= 11 is 0. The van der Waals surface area contributed by atoms with Crippen molar-refractivity contribution < 1.29 is 0 Å². The molecule has 0 saturated heterocycles. The summed E-state index contributed by atoms with van der Waals surface area (Å²) in [5.74, 6) is 0. The van der Waals surface area contributed by atoms with E-state index in [0.29, 0.717) is 0 Å². The molecule has 0 spiro atoms. The number of nitrogens with one attached hydrogen (secondary N) is 1. The second kappa shape index (κ2) is 17.1. The summed E-state index contributed by atoms with van der Waals surface area (Å²) in [6, 6.07) is 0. The van der Waals surface area contributed by atoms with Crippen molar-refractivity contribution in [2.45, 2.75) is 77.0 Å². The molecule has 0 aliphatic heterocycles. The maximum atomic E-state index is 5.47. The molecule has 18 heavy (non-hydrogen) atoms. The van der Waals surface area contributed by atoms with E-state index in [1.54, 1.807) is 0 Å². The molecule has 0 radical (unpaired) electrons. The van der Waals surface area contributed by atoms with Gasteiger partial charge in [0.2, 0.25) is 0 Å². The standard InChI is InChI=1S/C15H36N2Si/c16-13-11-9-7-5-3-1-2-4-6-8-10-12-14-17-15-18/h17H,1-16H2,18H3. The second-order valence-corrected chi connectivity index (χ2v) is 6.09. The zero-order chi connectivity index (χ0) is 13.3. The van der Waals surface area contributed by atoms with Crippen molar-refractivity contribution >= 4 is 10.2 Å². The third kappa shape index (κ3) is 16.1. The van der Waals surface area contributed by atoms with E-state index in [2.05, 4.69) is 5.32 Å². The van der Waals surface area contributed by atoms with Crippen LogP contribution in [-0.2, 0) is 0 Å². The van der Waals surface area contributed by atoms with E-state index >= 15 is 0 Å². The fraction of sp³-hybridized carbons (Fsp3) is 1.00. The van der Waals surface area contributed by atoms with Crippen LogP contribution in [0.25, 0.3) is 0 Å². The minimum Gasteiger partial charge on any atom is -0.330 e. The molecule has 0 aromatic heterocycles. The smallest absolute Gasteiger partial charge is 0.0201 e. The SMILES string of the molecule is NCCCCCCCCCCCCCCNC[SiH3]. The summed E-state index contributed by atoms with van der Waals surface area (Å²) in [7, 11) is 1.29. The topological polar surface area (TPSA) is 38.0 Å². The van der Waals surface area contributed by atoms with Gasteiger partial charge in [0.15, 0.2) is 0 Å². The molecule has 0 amide bonds. The van der Waals surface area contributed by atoms with Gasteiger partial charge in [0.1, 0.15) is 0 Å². The molecule has 0 unspecified atom stereocenters. The molecule has 0 bridgehead atoms. The quantitative estimate of drug-likeness (QED) is 0.355. The van der Waals surface area contributed by atoms with E-state index in [9.17, 15) is 0 Å². The molecular weight excluding hydrogens is 236 g/mol. The van der Waals surface area contributed by atoms with Crippen LogP contribution < -0.4 is 11.1 Å². The van der Waals surface area contributed by atoms with E-state index in [1.165, 1.54) is 100 Å². The Morgan fingerprint density at radius 3 is 1.39 bits per heavy atom. The van der Waals surface area contributed by atoms with E-state index in [4.69, 9.17) is 5.73 Å². The minimum absolute atomic E-state index is 0.871. The van der Waals surface area contributed by atoms with Crippen LogP contribution in [-0.4, -0.2) is 29.5 Å². The summed E-state index contributed by atoms with van der Waals surface area (Å²) in [5, 5.41) is 3.44. The normalized spacial score (nSPS) is 11.2. The van der Waals surface area contributed by atoms with Gasteiger partial charge in [-0.05, 0) is 32.1 Å². The highest BCUT2D eigenvalue weighted by atomic mass is 28.1. The van der Waals surface area contributed by atoms with E-state index < -0.39 is 0 Å². The van der Waals surface area contributed by atoms with E-state index in [1.807, 2.05) is 0 Å². The molecule has 2 nitrogen and oxygen atoms in total. The van der Waals surface area contributed by atoms with Gasteiger partial charge in [0.25, 0.3) is 0 Å². The van der Waals surface area contributed by atoms with Crippen LogP contribution in [0.15, 0.2) is 0 Å². The molecule has 0 aromatic carbocycles. The predicted octanol–water partition coefficient (Wildman–Crippen LogP) is 2.54. The molecule has 3 heteroatoms. The van der Waals surface area contributed by atoms with Gasteiger partial charge in [-0.3, -0.25) is 0 Å². The Hall–Kier alpha value is 0.137. The molecule has 0 aliphatic carbocycles. The summed E-state index contributed by atoms with van der Waals surface area (Å²) in [4.78, 5) is 0. The van der Waals surface area contributed by atoms with Crippen LogP contribution in [0.3, 0.4) is 0 Å². The Morgan fingerprint density at radius 1 is 0.611 bits per heavy atom. The third-order valence-corrected chi connectivity index (χ3v) is 4.06. The molecule has 0 aliphatic rings. The van der Waals surface area contributed by atoms with Crippen molar-refractivity contribution in [3.05, 3.63) is 0 Å². The summed E-state index contributed by atoms with van der Waals surface area (Å²) < 4.78 is 0. The molecule has 0 atom stereocenters. The highest BCUT2D eigenvalue weighted by Gasteiger charge is 1.93. The Labute approximate surface area is 118 Å². The summed E-state index contributed by atoms with van der Waals surface area (Å²) in [5.41, 5.74) is 5.47. The summed E-state index contributed by atoms with van der Waals surface area (Å²) in [6.07, 6.45) is 18.1. The summed E-state index contributed by atoms with van der Waals surface area (Å²) in [6.45, 7) is 2.11. The van der Waals surface area contributed by atoms with Gasteiger partial charge in [-0.15, -0.1) is 0 Å². The average molecular weight is 273 g/mol. The number of rotatable bonds is 15. The first-order chi connectivity index (χ1) is 8.91. The number of nitrogens with two attached hydrogens (primary N) is 1. The predicted molar refractivity (Wildman–Crippen MR) is 87.3 cm³/mol. The fourth-order valence-electron chi connectivity index (χ4n) is 2.34. The van der Waals surface area contributed by atoms with Crippen molar-refractivity contribution in [3.63, 3.8) is 0 Å². The Bertz CT molecular complexity index is 126. The van der Waals surface area contributed by atoms with Crippen LogP contribution in [0.5, 0.6) is 0 Å². The molecular formula is C15H36N2Si. The highest BCUT2D eigenvalue weighted by Crippen LogP contribution is 2.11. The monoisotopic (exact) mass is 272 g/mol. The molecule has 0 heterocycles. The Morgan fingerprint density at radius 2 is 1.00 bits per heavy atom. The lowest BCUT2D eigenvalue weighted by Gasteiger charge is -2.03. The molecule has 0 fully saturated rings.